The number of carbonyl (C=O) groups is 2. The van der Waals surface area contributed by atoms with E-state index in [1.54, 1.807) is 23.2 Å². The molecule has 0 aliphatic carbocycles. The number of hydrogen-bond donors (Lipinski definition) is 3. The molecular formula is C27H24F3N7O4S. The number of urea groups is 1. The van der Waals surface area contributed by atoms with Gasteiger partial charge in [-0.1, -0.05) is 11.3 Å². The Balaban J connectivity index is 1.20. The summed E-state index contributed by atoms with van der Waals surface area (Å²) in [6.45, 7) is 3.34. The Hall–Kier alpha value is -4.63. The monoisotopic (exact) mass is 599 g/mol. The zero-order valence-electron chi connectivity index (χ0n) is 22.3. The number of thiazole rings is 1. The Bertz CT molecular complexity index is 1600. The van der Waals surface area contributed by atoms with Crippen molar-refractivity contribution in [3.8, 4) is 22.2 Å². The molecule has 11 nitrogen and oxygen atoms in total. The maximum atomic E-state index is 13.2. The van der Waals surface area contributed by atoms with Crippen molar-refractivity contribution in [1.82, 2.24) is 19.9 Å². The van der Waals surface area contributed by atoms with Gasteiger partial charge in [0, 0.05) is 25.4 Å². The molecular weight excluding hydrogens is 575 g/mol. The first-order chi connectivity index (χ1) is 19.9. The third-order valence-electron chi connectivity index (χ3n) is 6.07. The van der Waals surface area contributed by atoms with Gasteiger partial charge in [0.25, 0.3) is 0 Å². The number of nitrogens with one attached hydrogen (secondary N) is 2. The summed E-state index contributed by atoms with van der Waals surface area (Å²) in [5.41, 5.74) is -2.12. The molecule has 3 amide bonds. The van der Waals surface area contributed by atoms with Crippen molar-refractivity contribution in [2.24, 2.45) is 0 Å². The largest absolute Gasteiger partial charge is 0.424 e. The lowest BCUT2D eigenvalue weighted by atomic mass is 10.0. The fraction of sp³-hybridized carbons (Fsp3) is 0.259. The van der Waals surface area contributed by atoms with Gasteiger partial charge in [-0.15, -0.1) is 0 Å². The minimum atomic E-state index is -4.69. The normalized spacial score (nSPS) is 13.8. The van der Waals surface area contributed by atoms with Gasteiger partial charge in [0.15, 0.2) is 5.13 Å². The van der Waals surface area contributed by atoms with Crippen molar-refractivity contribution in [1.29, 1.82) is 0 Å². The third-order valence-corrected chi connectivity index (χ3v) is 7.14. The van der Waals surface area contributed by atoms with E-state index in [-0.39, 0.29) is 29.0 Å². The molecule has 3 N–H and O–H groups in total. The van der Waals surface area contributed by atoms with E-state index in [0.29, 0.717) is 36.1 Å². The summed E-state index contributed by atoms with van der Waals surface area (Å²) in [6, 6.07) is 6.92. The molecule has 0 unspecified atom stereocenters. The predicted octanol–water partition coefficient (Wildman–Crippen LogP) is 5.80. The summed E-state index contributed by atoms with van der Waals surface area (Å²) >= 11 is 1.43. The lowest BCUT2D eigenvalue weighted by Gasteiger charge is -2.22. The second-order valence-electron chi connectivity index (χ2n) is 9.79. The third kappa shape index (κ3) is 6.63. The van der Waals surface area contributed by atoms with Crippen molar-refractivity contribution in [2.45, 2.75) is 38.5 Å². The van der Waals surface area contributed by atoms with Crippen LogP contribution >= 0.6 is 11.3 Å². The zero-order chi connectivity index (χ0) is 30.1. The number of aliphatic hydroxyl groups is 1. The first-order valence-corrected chi connectivity index (χ1v) is 13.4. The van der Waals surface area contributed by atoms with E-state index in [9.17, 15) is 27.9 Å². The average molecular weight is 600 g/mol. The molecule has 1 fully saturated rings. The molecule has 4 aromatic rings. The van der Waals surface area contributed by atoms with Crippen LogP contribution in [0.25, 0.3) is 10.4 Å². The number of aromatic nitrogens is 4. The molecule has 3 aromatic heterocycles. The van der Waals surface area contributed by atoms with Crippen molar-refractivity contribution in [3.05, 3.63) is 66.4 Å². The number of rotatable bonds is 7. The maximum absolute atomic E-state index is 13.2. The molecule has 0 saturated carbocycles. The van der Waals surface area contributed by atoms with E-state index in [2.05, 4.69) is 30.6 Å². The minimum Gasteiger partial charge on any atom is -0.424 e. The van der Waals surface area contributed by atoms with Crippen molar-refractivity contribution >= 4 is 39.8 Å². The number of ether oxygens (including phenoxy) is 1. The van der Waals surface area contributed by atoms with Gasteiger partial charge in [0.1, 0.15) is 11.4 Å². The average Bonchev–Trinajstić information content (AvgIpc) is 3.58. The van der Waals surface area contributed by atoms with Gasteiger partial charge >= 0.3 is 18.2 Å². The van der Waals surface area contributed by atoms with E-state index >= 15 is 0 Å². The number of pyridine rings is 1. The molecule has 0 spiro atoms. The summed E-state index contributed by atoms with van der Waals surface area (Å²) in [7, 11) is 0. The highest BCUT2D eigenvalue weighted by molar-refractivity contribution is 7.19. The van der Waals surface area contributed by atoms with Crippen LogP contribution in [0.15, 0.2) is 55.1 Å². The highest BCUT2D eigenvalue weighted by Crippen LogP contribution is 2.35. The predicted molar refractivity (Wildman–Crippen MR) is 148 cm³/mol. The Morgan fingerprint density at radius 2 is 1.74 bits per heavy atom. The van der Waals surface area contributed by atoms with Gasteiger partial charge in [-0.05, 0) is 56.2 Å². The van der Waals surface area contributed by atoms with Gasteiger partial charge in [0.05, 0.1) is 39.9 Å². The number of carbonyl (C=O) groups excluding carboxylic acids is 2. The first kappa shape index (κ1) is 28.9. The van der Waals surface area contributed by atoms with Crippen LogP contribution in [-0.2, 0) is 16.6 Å². The number of halogens is 3. The Morgan fingerprint density at radius 1 is 1.02 bits per heavy atom. The minimum absolute atomic E-state index is 0.00674. The van der Waals surface area contributed by atoms with Crippen molar-refractivity contribution < 1.29 is 32.6 Å². The topological polar surface area (TPSA) is 142 Å². The van der Waals surface area contributed by atoms with E-state index in [1.807, 2.05) is 12.1 Å². The summed E-state index contributed by atoms with van der Waals surface area (Å²) in [5, 5.41) is 15.7. The lowest BCUT2D eigenvalue weighted by Crippen LogP contribution is -2.26. The molecule has 4 heterocycles. The SMILES string of the molecule is CC(C)(O)c1ncc(C(F)(F)F)cc1NC(=O)Nc1cnc(Oc2ccc(-c3cnc(N4CCCC4=O)s3)cc2)nc1. The highest BCUT2D eigenvalue weighted by atomic mass is 32.1. The summed E-state index contributed by atoms with van der Waals surface area (Å²) in [5.74, 6) is 0.530. The summed E-state index contributed by atoms with van der Waals surface area (Å²) in [4.78, 5) is 43.3. The van der Waals surface area contributed by atoms with Gasteiger partial charge in [-0.25, -0.2) is 19.7 Å². The van der Waals surface area contributed by atoms with Gasteiger partial charge in [-0.2, -0.15) is 13.2 Å². The fourth-order valence-corrected chi connectivity index (χ4v) is 5.05. The van der Waals surface area contributed by atoms with Crippen LogP contribution in [0.5, 0.6) is 11.8 Å². The van der Waals surface area contributed by atoms with Gasteiger partial charge in [0.2, 0.25) is 5.91 Å². The molecule has 1 aromatic carbocycles. The summed E-state index contributed by atoms with van der Waals surface area (Å²) in [6.07, 6.45) is 1.50. The zero-order valence-corrected chi connectivity index (χ0v) is 23.1. The van der Waals surface area contributed by atoms with Gasteiger partial charge < -0.3 is 20.5 Å². The number of anilines is 3. The molecule has 5 rings (SSSR count). The van der Waals surface area contributed by atoms with E-state index in [1.165, 1.54) is 37.6 Å². The summed E-state index contributed by atoms with van der Waals surface area (Å²) < 4.78 is 45.2. The van der Waals surface area contributed by atoms with E-state index in [0.717, 1.165) is 16.9 Å². The van der Waals surface area contributed by atoms with Crippen LogP contribution in [0.1, 0.15) is 37.9 Å². The Morgan fingerprint density at radius 3 is 2.36 bits per heavy atom. The second-order valence-corrected chi connectivity index (χ2v) is 10.8. The maximum Gasteiger partial charge on any atom is 0.417 e. The lowest BCUT2D eigenvalue weighted by molar-refractivity contribution is -0.137. The van der Waals surface area contributed by atoms with Crippen LogP contribution < -0.4 is 20.3 Å². The fourth-order valence-electron chi connectivity index (χ4n) is 4.09. The molecule has 42 heavy (non-hydrogen) atoms. The molecule has 0 atom stereocenters. The molecule has 218 valence electrons. The van der Waals surface area contributed by atoms with Crippen molar-refractivity contribution in [2.75, 3.05) is 22.1 Å². The smallest absolute Gasteiger partial charge is 0.417 e. The molecule has 1 aliphatic heterocycles. The molecule has 15 heteroatoms. The number of hydrogen-bond acceptors (Lipinski definition) is 9. The Labute approximate surface area is 241 Å². The van der Waals surface area contributed by atoms with Crippen molar-refractivity contribution in [3.63, 3.8) is 0 Å². The van der Waals surface area contributed by atoms with Crippen LogP contribution in [0.4, 0.5) is 34.5 Å². The number of benzene rings is 1. The number of nitrogens with zero attached hydrogens (tertiary/aromatic N) is 5. The number of alkyl halides is 3. The second kappa shape index (κ2) is 11.3. The molecule has 1 aliphatic rings. The van der Waals surface area contributed by atoms with E-state index in [4.69, 9.17) is 4.74 Å². The molecule has 1 saturated heterocycles. The quantitative estimate of drug-likeness (QED) is 0.242. The highest BCUT2D eigenvalue weighted by Gasteiger charge is 2.34. The van der Waals surface area contributed by atoms with Crippen LogP contribution in [0.3, 0.4) is 0 Å². The van der Waals surface area contributed by atoms with E-state index < -0.39 is 23.4 Å². The molecule has 0 bridgehead atoms. The standard InChI is InChI=1S/C27H24F3N7O4S/c1-26(2,40)22-19(10-16(11-31-22)27(28,29)30)36-23(39)35-17-12-32-24(33-13-17)41-18-7-5-15(6-8-18)20-14-34-25(42-20)37-9-3-4-21(37)38/h5-8,10-14,40H,3-4,9H2,1-2H3,(H2,35,36,39). The van der Waals surface area contributed by atoms with Gasteiger partial charge in [-0.3, -0.25) is 14.7 Å². The first-order valence-electron chi connectivity index (χ1n) is 12.6. The van der Waals surface area contributed by atoms with Crippen LogP contribution in [0, 0.1) is 0 Å². The number of amides is 3. The Kier molecular flexibility index (Phi) is 7.79. The van der Waals surface area contributed by atoms with Crippen LogP contribution in [-0.4, -0.2) is 43.5 Å². The molecule has 0 radical (unpaired) electrons. The van der Waals surface area contributed by atoms with Crippen LogP contribution in [0.2, 0.25) is 0 Å².